The number of amides is 1. The van der Waals surface area contributed by atoms with Crippen LogP contribution in [0.3, 0.4) is 0 Å². The number of carbonyl (C=O) groups is 1. The van der Waals surface area contributed by atoms with Crippen molar-refractivity contribution in [2.45, 2.75) is 45.6 Å². The molecule has 1 heterocycles. The van der Waals surface area contributed by atoms with Crippen molar-refractivity contribution in [2.24, 2.45) is 0 Å². The van der Waals surface area contributed by atoms with Crippen LogP contribution < -0.4 is 5.32 Å². The van der Waals surface area contributed by atoms with E-state index in [4.69, 9.17) is 0 Å². The van der Waals surface area contributed by atoms with Crippen LogP contribution in [0.1, 0.15) is 43.5 Å². The molecule has 3 nitrogen and oxygen atoms in total. The molecular formula is C17H22N2OS. The lowest BCUT2D eigenvalue weighted by molar-refractivity contribution is -0.122. The lowest BCUT2D eigenvalue weighted by Crippen LogP contribution is -2.43. The third-order valence-electron chi connectivity index (χ3n) is 3.50. The summed E-state index contributed by atoms with van der Waals surface area (Å²) in [5.41, 5.74) is 1.95. The summed E-state index contributed by atoms with van der Waals surface area (Å²) < 4.78 is 0. The summed E-state index contributed by atoms with van der Waals surface area (Å²) in [6.45, 7) is 6.14. The van der Waals surface area contributed by atoms with E-state index in [0.29, 0.717) is 6.42 Å². The van der Waals surface area contributed by atoms with E-state index in [2.05, 4.69) is 29.4 Å². The van der Waals surface area contributed by atoms with Crippen molar-refractivity contribution >= 4 is 17.2 Å². The van der Waals surface area contributed by atoms with Gasteiger partial charge in [0.15, 0.2) is 0 Å². The minimum atomic E-state index is -0.153. The molecule has 1 N–H and O–H groups in total. The summed E-state index contributed by atoms with van der Waals surface area (Å²) in [4.78, 5) is 16.6. The molecule has 0 aliphatic heterocycles. The van der Waals surface area contributed by atoms with Gasteiger partial charge in [0.1, 0.15) is 0 Å². The standard InChI is InChI=1S/C17H22N2OS/c1-4-17(2,3)19-15(20)11-14-12-21-16(18-14)10-13-8-6-5-7-9-13/h5-9,12H,4,10-11H2,1-3H3,(H,19,20). The van der Waals surface area contributed by atoms with Crippen molar-refractivity contribution in [2.75, 3.05) is 0 Å². The SMILES string of the molecule is CCC(C)(C)NC(=O)Cc1csc(Cc2ccccc2)n1. The lowest BCUT2D eigenvalue weighted by atomic mass is 10.0. The molecule has 0 aliphatic rings. The van der Waals surface area contributed by atoms with Crippen LogP contribution in [0, 0.1) is 0 Å². The van der Waals surface area contributed by atoms with E-state index in [1.807, 2.05) is 37.4 Å². The van der Waals surface area contributed by atoms with E-state index < -0.39 is 0 Å². The van der Waals surface area contributed by atoms with E-state index >= 15 is 0 Å². The number of hydrogen-bond donors (Lipinski definition) is 1. The molecule has 0 fully saturated rings. The average Bonchev–Trinajstić information content (AvgIpc) is 2.86. The first-order valence-electron chi connectivity index (χ1n) is 7.27. The molecule has 0 atom stereocenters. The topological polar surface area (TPSA) is 42.0 Å². The van der Waals surface area contributed by atoms with Gasteiger partial charge in [-0.2, -0.15) is 0 Å². The maximum atomic E-state index is 12.0. The largest absolute Gasteiger partial charge is 0.351 e. The molecule has 4 heteroatoms. The molecular weight excluding hydrogens is 280 g/mol. The Balaban J connectivity index is 1.93. The Bertz CT molecular complexity index is 590. The van der Waals surface area contributed by atoms with E-state index in [0.717, 1.165) is 23.5 Å². The monoisotopic (exact) mass is 302 g/mol. The van der Waals surface area contributed by atoms with Crippen LogP contribution in [0.25, 0.3) is 0 Å². The molecule has 1 amide bonds. The Morgan fingerprint density at radius 3 is 2.67 bits per heavy atom. The predicted molar refractivity (Wildman–Crippen MR) is 87.6 cm³/mol. The first-order chi connectivity index (χ1) is 9.98. The summed E-state index contributed by atoms with van der Waals surface area (Å²) in [6, 6.07) is 10.3. The minimum absolute atomic E-state index is 0.0402. The maximum absolute atomic E-state index is 12.0. The van der Waals surface area contributed by atoms with Gasteiger partial charge in [-0.25, -0.2) is 4.98 Å². The number of rotatable bonds is 6. The molecule has 0 spiro atoms. The van der Waals surface area contributed by atoms with Crippen LogP contribution in [0.15, 0.2) is 35.7 Å². The molecule has 2 rings (SSSR count). The lowest BCUT2D eigenvalue weighted by Gasteiger charge is -2.24. The number of aromatic nitrogens is 1. The number of hydrogen-bond acceptors (Lipinski definition) is 3. The van der Waals surface area contributed by atoms with E-state index in [9.17, 15) is 4.79 Å². The van der Waals surface area contributed by atoms with Crippen molar-refractivity contribution in [1.29, 1.82) is 0 Å². The fraction of sp³-hybridized carbons (Fsp3) is 0.412. The summed E-state index contributed by atoms with van der Waals surface area (Å²) in [5.74, 6) is 0.0402. The Morgan fingerprint density at radius 2 is 2.00 bits per heavy atom. The molecule has 0 aliphatic carbocycles. The van der Waals surface area contributed by atoms with Gasteiger partial charge in [0.2, 0.25) is 5.91 Å². The highest BCUT2D eigenvalue weighted by Gasteiger charge is 2.18. The summed E-state index contributed by atoms with van der Waals surface area (Å²) in [5, 5.41) is 6.08. The third kappa shape index (κ3) is 4.97. The van der Waals surface area contributed by atoms with Gasteiger partial charge in [-0.05, 0) is 25.8 Å². The van der Waals surface area contributed by atoms with Gasteiger partial charge >= 0.3 is 0 Å². The second kappa shape index (κ2) is 6.85. The molecule has 112 valence electrons. The molecule has 2 aromatic rings. The number of nitrogens with one attached hydrogen (secondary N) is 1. The molecule has 21 heavy (non-hydrogen) atoms. The van der Waals surface area contributed by atoms with Gasteiger partial charge in [0.05, 0.1) is 17.1 Å². The predicted octanol–water partition coefficient (Wildman–Crippen LogP) is 3.58. The van der Waals surface area contributed by atoms with Crippen molar-refractivity contribution < 1.29 is 4.79 Å². The molecule has 1 aromatic carbocycles. The zero-order valence-electron chi connectivity index (χ0n) is 12.8. The smallest absolute Gasteiger partial charge is 0.226 e. The molecule has 1 aromatic heterocycles. The minimum Gasteiger partial charge on any atom is -0.351 e. The van der Waals surface area contributed by atoms with Gasteiger partial charge in [0, 0.05) is 17.3 Å². The highest BCUT2D eigenvalue weighted by atomic mass is 32.1. The van der Waals surface area contributed by atoms with Crippen molar-refractivity contribution in [3.63, 3.8) is 0 Å². The number of benzene rings is 1. The highest BCUT2D eigenvalue weighted by molar-refractivity contribution is 7.09. The van der Waals surface area contributed by atoms with Gasteiger partial charge in [0.25, 0.3) is 0 Å². The normalized spacial score (nSPS) is 11.4. The van der Waals surface area contributed by atoms with E-state index in [1.54, 1.807) is 11.3 Å². The van der Waals surface area contributed by atoms with Gasteiger partial charge in [-0.15, -0.1) is 11.3 Å². The van der Waals surface area contributed by atoms with Crippen molar-refractivity contribution in [3.05, 3.63) is 52.0 Å². The first-order valence-corrected chi connectivity index (χ1v) is 8.15. The van der Waals surface area contributed by atoms with Crippen molar-refractivity contribution in [3.8, 4) is 0 Å². The maximum Gasteiger partial charge on any atom is 0.226 e. The molecule has 0 unspecified atom stereocenters. The molecule has 0 radical (unpaired) electrons. The van der Waals surface area contributed by atoms with Gasteiger partial charge in [-0.3, -0.25) is 4.79 Å². The second-order valence-corrected chi connectivity index (χ2v) is 6.80. The summed E-state index contributed by atoms with van der Waals surface area (Å²) >= 11 is 1.62. The molecule has 0 bridgehead atoms. The summed E-state index contributed by atoms with van der Waals surface area (Å²) in [7, 11) is 0. The van der Waals surface area contributed by atoms with E-state index in [-0.39, 0.29) is 11.4 Å². The quantitative estimate of drug-likeness (QED) is 0.886. The van der Waals surface area contributed by atoms with Crippen LogP contribution in [-0.4, -0.2) is 16.4 Å². The van der Waals surface area contributed by atoms with Crippen LogP contribution in [-0.2, 0) is 17.6 Å². The molecule has 0 saturated carbocycles. The van der Waals surface area contributed by atoms with Gasteiger partial charge in [-0.1, -0.05) is 37.3 Å². The van der Waals surface area contributed by atoms with Gasteiger partial charge < -0.3 is 5.32 Å². The second-order valence-electron chi connectivity index (χ2n) is 5.86. The van der Waals surface area contributed by atoms with Crippen LogP contribution in [0.4, 0.5) is 0 Å². The zero-order chi connectivity index (χ0) is 15.3. The number of carbonyl (C=O) groups excluding carboxylic acids is 1. The highest BCUT2D eigenvalue weighted by Crippen LogP contribution is 2.15. The molecule has 0 saturated heterocycles. The fourth-order valence-corrected chi connectivity index (χ4v) is 2.78. The fourth-order valence-electron chi connectivity index (χ4n) is 1.96. The zero-order valence-corrected chi connectivity index (χ0v) is 13.7. The van der Waals surface area contributed by atoms with Crippen LogP contribution in [0.5, 0.6) is 0 Å². The Hall–Kier alpha value is -1.68. The van der Waals surface area contributed by atoms with Crippen molar-refractivity contribution in [1.82, 2.24) is 10.3 Å². The number of nitrogens with zero attached hydrogens (tertiary/aromatic N) is 1. The Kier molecular flexibility index (Phi) is 5.12. The first kappa shape index (κ1) is 15.7. The Morgan fingerprint density at radius 1 is 1.29 bits per heavy atom. The average molecular weight is 302 g/mol. The number of thiazole rings is 1. The van der Waals surface area contributed by atoms with E-state index in [1.165, 1.54) is 5.56 Å². The van der Waals surface area contributed by atoms with Crippen LogP contribution >= 0.6 is 11.3 Å². The summed E-state index contributed by atoms with van der Waals surface area (Å²) in [6.07, 6.45) is 2.09. The third-order valence-corrected chi connectivity index (χ3v) is 4.40. The van der Waals surface area contributed by atoms with Crippen LogP contribution in [0.2, 0.25) is 0 Å². The Labute approximate surface area is 130 Å².